The van der Waals surface area contributed by atoms with Crippen LogP contribution in [-0.2, 0) is 6.42 Å². The van der Waals surface area contributed by atoms with Crippen LogP contribution in [0.4, 0.5) is 0 Å². The third-order valence-electron chi connectivity index (χ3n) is 2.73. The average molecular weight is 356 g/mol. The molecule has 0 aliphatic heterocycles. The van der Waals surface area contributed by atoms with Gasteiger partial charge in [0.05, 0.1) is 16.5 Å². The fourth-order valence-corrected chi connectivity index (χ4v) is 3.19. The minimum absolute atomic E-state index is 0.0535. The maximum absolute atomic E-state index is 12.0. The van der Waals surface area contributed by atoms with Crippen LogP contribution >= 0.6 is 27.3 Å². The number of ether oxygens (including phenoxy) is 1. The molecule has 1 heterocycles. The summed E-state index contributed by atoms with van der Waals surface area (Å²) in [6.45, 7) is 0.516. The highest BCUT2D eigenvalue weighted by Crippen LogP contribution is 2.23. The van der Waals surface area contributed by atoms with Crippen molar-refractivity contribution >= 4 is 33.2 Å². The molecule has 20 heavy (non-hydrogen) atoms. The Morgan fingerprint density at radius 1 is 1.40 bits per heavy atom. The van der Waals surface area contributed by atoms with E-state index >= 15 is 0 Å². The van der Waals surface area contributed by atoms with E-state index in [0.717, 1.165) is 10.2 Å². The van der Waals surface area contributed by atoms with Gasteiger partial charge in [0.1, 0.15) is 11.5 Å². The Bertz CT molecular complexity index is 612. The maximum Gasteiger partial charge on any atom is 0.255 e. The van der Waals surface area contributed by atoms with Gasteiger partial charge in [-0.05, 0) is 52.7 Å². The summed E-state index contributed by atoms with van der Waals surface area (Å²) in [5.74, 6) is 0.175. The van der Waals surface area contributed by atoms with Crippen molar-refractivity contribution in [2.24, 2.45) is 0 Å². The van der Waals surface area contributed by atoms with E-state index in [1.54, 1.807) is 17.4 Å². The van der Waals surface area contributed by atoms with E-state index in [-0.39, 0.29) is 17.2 Å². The molecule has 2 rings (SSSR count). The highest BCUT2D eigenvalue weighted by molar-refractivity contribution is 9.11. The Balaban J connectivity index is 1.94. The predicted molar refractivity (Wildman–Crippen MR) is 82.7 cm³/mol. The van der Waals surface area contributed by atoms with Crippen LogP contribution in [0.3, 0.4) is 0 Å². The molecule has 1 aromatic heterocycles. The summed E-state index contributed by atoms with van der Waals surface area (Å²) in [7, 11) is 1.52. The van der Waals surface area contributed by atoms with Gasteiger partial charge in [0.25, 0.3) is 5.91 Å². The summed E-state index contributed by atoms with van der Waals surface area (Å²) in [6, 6.07) is 8.57. The van der Waals surface area contributed by atoms with E-state index < -0.39 is 0 Å². The van der Waals surface area contributed by atoms with Crippen molar-refractivity contribution in [2.45, 2.75) is 6.42 Å². The highest BCUT2D eigenvalue weighted by atomic mass is 79.9. The number of carbonyl (C=O) groups excluding carboxylic acids is 1. The molecule has 0 aliphatic carbocycles. The molecule has 106 valence electrons. The first kappa shape index (κ1) is 14.9. The molecule has 2 aromatic rings. The monoisotopic (exact) mass is 355 g/mol. The lowest BCUT2D eigenvalue weighted by atomic mass is 10.1. The van der Waals surface area contributed by atoms with Gasteiger partial charge in [0.15, 0.2) is 0 Å². The quantitative estimate of drug-likeness (QED) is 0.865. The van der Waals surface area contributed by atoms with Gasteiger partial charge in [-0.2, -0.15) is 0 Å². The molecular weight excluding hydrogens is 342 g/mol. The lowest BCUT2D eigenvalue weighted by Gasteiger charge is -2.08. The second-order valence-electron chi connectivity index (χ2n) is 4.09. The van der Waals surface area contributed by atoms with Gasteiger partial charge in [0.2, 0.25) is 0 Å². The number of benzene rings is 1. The molecule has 0 bridgehead atoms. The first-order chi connectivity index (χ1) is 9.60. The summed E-state index contributed by atoms with van der Waals surface area (Å²) >= 11 is 5.04. The van der Waals surface area contributed by atoms with Crippen LogP contribution in [0.15, 0.2) is 34.1 Å². The molecule has 0 spiro atoms. The zero-order chi connectivity index (χ0) is 14.5. The molecule has 1 aromatic carbocycles. The van der Waals surface area contributed by atoms with Crippen LogP contribution < -0.4 is 10.1 Å². The van der Waals surface area contributed by atoms with Crippen molar-refractivity contribution < 1.29 is 14.6 Å². The van der Waals surface area contributed by atoms with Crippen LogP contribution in [0.2, 0.25) is 0 Å². The summed E-state index contributed by atoms with van der Waals surface area (Å²) in [5.41, 5.74) is 0.219. The standard InChI is InChI=1S/C14H14BrNO3S/c1-19-9-2-4-12(17)11(8-9)14(18)16-7-6-10-3-5-13(15)20-10/h2-5,8,17H,6-7H2,1H3,(H,16,18). The van der Waals surface area contributed by atoms with Gasteiger partial charge >= 0.3 is 0 Å². The Labute approximate surface area is 129 Å². The van der Waals surface area contributed by atoms with Crippen LogP contribution in [0.5, 0.6) is 11.5 Å². The Hall–Kier alpha value is -1.53. The number of amides is 1. The van der Waals surface area contributed by atoms with E-state index in [2.05, 4.69) is 21.2 Å². The van der Waals surface area contributed by atoms with Crippen LogP contribution in [0.1, 0.15) is 15.2 Å². The zero-order valence-electron chi connectivity index (χ0n) is 10.9. The van der Waals surface area contributed by atoms with Gasteiger partial charge in [-0.15, -0.1) is 11.3 Å². The number of hydrogen-bond donors (Lipinski definition) is 2. The van der Waals surface area contributed by atoms with Crippen molar-refractivity contribution in [3.63, 3.8) is 0 Å². The fourth-order valence-electron chi connectivity index (χ4n) is 1.70. The predicted octanol–water partition coefficient (Wildman–Crippen LogP) is 3.20. The number of hydrogen-bond acceptors (Lipinski definition) is 4. The van der Waals surface area contributed by atoms with Crippen LogP contribution in [-0.4, -0.2) is 24.7 Å². The first-order valence-corrected chi connectivity index (χ1v) is 7.60. The molecule has 0 aliphatic rings. The van der Waals surface area contributed by atoms with Crippen molar-refractivity contribution in [1.29, 1.82) is 0 Å². The summed E-state index contributed by atoms with van der Waals surface area (Å²) in [5, 5.41) is 12.5. The number of carbonyl (C=O) groups is 1. The SMILES string of the molecule is COc1ccc(O)c(C(=O)NCCc2ccc(Br)s2)c1. The number of thiophene rings is 1. The molecule has 2 N–H and O–H groups in total. The van der Waals surface area contributed by atoms with E-state index in [1.165, 1.54) is 24.1 Å². The number of aromatic hydroxyl groups is 1. The van der Waals surface area contributed by atoms with Gasteiger partial charge in [0, 0.05) is 11.4 Å². The van der Waals surface area contributed by atoms with Crippen molar-refractivity contribution in [1.82, 2.24) is 5.32 Å². The van der Waals surface area contributed by atoms with E-state index in [1.807, 2.05) is 12.1 Å². The molecular formula is C14H14BrNO3S. The van der Waals surface area contributed by atoms with Gasteiger partial charge < -0.3 is 15.2 Å². The first-order valence-electron chi connectivity index (χ1n) is 5.99. The second kappa shape index (κ2) is 6.76. The van der Waals surface area contributed by atoms with Gasteiger partial charge in [-0.25, -0.2) is 0 Å². The van der Waals surface area contributed by atoms with Gasteiger partial charge in [-0.3, -0.25) is 4.79 Å². The number of halogens is 1. The Morgan fingerprint density at radius 3 is 2.85 bits per heavy atom. The minimum atomic E-state index is -0.308. The number of nitrogens with one attached hydrogen (secondary N) is 1. The lowest BCUT2D eigenvalue weighted by Crippen LogP contribution is -2.25. The number of rotatable bonds is 5. The normalized spacial score (nSPS) is 10.3. The molecule has 0 atom stereocenters. The summed E-state index contributed by atoms with van der Waals surface area (Å²) in [4.78, 5) is 13.2. The second-order valence-corrected chi connectivity index (χ2v) is 6.64. The van der Waals surface area contributed by atoms with Crippen LogP contribution in [0.25, 0.3) is 0 Å². The minimum Gasteiger partial charge on any atom is -0.507 e. The molecule has 0 unspecified atom stereocenters. The van der Waals surface area contributed by atoms with E-state index in [4.69, 9.17) is 4.74 Å². The van der Waals surface area contributed by atoms with Gasteiger partial charge in [-0.1, -0.05) is 0 Å². The maximum atomic E-state index is 12.0. The number of phenolic OH excluding ortho intramolecular Hbond substituents is 1. The fraction of sp³-hybridized carbons (Fsp3) is 0.214. The molecule has 0 saturated heterocycles. The Morgan fingerprint density at radius 2 is 2.20 bits per heavy atom. The Kier molecular flexibility index (Phi) is 5.03. The summed E-state index contributed by atoms with van der Waals surface area (Å²) < 4.78 is 6.12. The number of phenols is 1. The molecule has 0 fully saturated rings. The third-order valence-corrected chi connectivity index (χ3v) is 4.42. The molecule has 6 heteroatoms. The van der Waals surface area contributed by atoms with Crippen LogP contribution in [0, 0.1) is 0 Å². The topological polar surface area (TPSA) is 58.6 Å². The lowest BCUT2D eigenvalue weighted by molar-refractivity contribution is 0.0951. The summed E-state index contributed by atoms with van der Waals surface area (Å²) in [6.07, 6.45) is 0.757. The van der Waals surface area contributed by atoms with Crippen molar-refractivity contribution in [3.8, 4) is 11.5 Å². The van der Waals surface area contributed by atoms with Crippen molar-refractivity contribution in [3.05, 3.63) is 44.6 Å². The molecule has 4 nitrogen and oxygen atoms in total. The zero-order valence-corrected chi connectivity index (χ0v) is 13.3. The largest absolute Gasteiger partial charge is 0.507 e. The molecule has 1 amide bonds. The van der Waals surface area contributed by atoms with E-state index in [9.17, 15) is 9.90 Å². The average Bonchev–Trinajstić information content (AvgIpc) is 2.85. The number of methoxy groups -OCH3 is 1. The van der Waals surface area contributed by atoms with E-state index in [0.29, 0.717) is 12.3 Å². The molecule has 0 saturated carbocycles. The third kappa shape index (κ3) is 3.74. The highest BCUT2D eigenvalue weighted by Gasteiger charge is 2.12. The van der Waals surface area contributed by atoms with Crippen molar-refractivity contribution in [2.75, 3.05) is 13.7 Å². The smallest absolute Gasteiger partial charge is 0.255 e. The molecule has 0 radical (unpaired) electrons.